The summed E-state index contributed by atoms with van der Waals surface area (Å²) in [6.45, 7) is 3.28. The van der Waals surface area contributed by atoms with Crippen molar-refractivity contribution < 1.29 is 28.6 Å². The Morgan fingerprint density at radius 1 is 1.15 bits per heavy atom. The quantitative estimate of drug-likeness (QED) is 0.691. The van der Waals surface area contributed by atoms with E-state index < -0.39 is 5.92 Å². The van der Waals surface area contributed by atoms with E-state index in [9.17, 15) is 14.4 Å². The van der Waals surface area contributed by atoms with E-state index in [4.69, 9.17) is 14.2 Å². The summed E-state index contributed by atoms with van der Waals surface area (Å²) >= 11 is 0. The van der Waals surface area contributed by atoms with Crippen molar-refractivity contribution in [2.75, 3.05) is 50.2 Å². The zero-order valence-electron chi connectivity index (χ0n) is 18.7. The van der Waals surface area contributed by atoms with Crippen LogP contribution in [0.15, 0.2) is 42.5 Å². The van der Waals surface area contributed by atoms with E-state index >= 15 is 0 Å². The number of rotatable bonds is 7. The summed E-state index contributed by atoms with van der Waals surface area (Å²) in [6, 6.07) is 12.3. The predicted molar refractivity (Wildman–Crippen MR) is 122 cm³/mol. The topological polar surface area (TPSA) is 97.4 Å². The smallest absolute Gasteiger partial charge is 0.243 e. The highest BCUT2D eigenvalue weighted by molar-refractivity contribution is 6.01. The number of amides is 3. The van der Waals surface area contributed by atoms with Crippen LogP contribution in [0.3, 0.4) is 0 Å². The maximum Gasteiger partial charge on any atom is 0.243 e. The van der Waals surface area contributed by atoms with Crippen molar-refractivity contribution in [1.82, 2.24) is 4.90 Å². The molecule has 0 saturated carbocycles. The molecule has 0 radical (unpaired) electrons. The van der Waals surface area contributed by atoms with Gasteiger partial charge in [0, 0.05) is 43.0 Å². The third-order valence-electron chi connectivity index (χ3n) is 5.69. The Bertz CT molecular complexity index is 1060. The van der Waals surface area contributed by atoms with Crippen LogP contribution in [0.25, 0.3) is 0 Å². The van der Waals surface area contributed by atoms with Gasteiger partial charge < -0.3 is 29.3 Å². The van der Waals surface area contributed by atoms with Crippen molar-refractivity contribution in [2.45, 2.75) is 13.3 Å². The highest BCUT2D eigenvalue weighted by atomic mass is 16.6. The molecule has 0 aromatic heterocycles. The van der Waals surface area contributed by atoms with Crippen LogP contribution in [0, 0.1) is 5.92 Å². The van der Waals surface area contributed by atoms with Crippen LogP contribution in [-0.4, -0.2) is 62.6 Å². The number of fused-ring (bicyclic) bond motifs is 1. The summed E-state index contributed by atoms with van der Waals surface area (Å²) in [7, 11) is 1.56. The van der Waals surface area contributed by atoms with E-state index in [-0.39, 0.29) is 37.2 Å². The standard InChI is InChI=1S/C24H27N3O6/c1-3-26(15-22(28)25-17-7-8-20-21(12-17)33-10-9-32-20)24(30)16-11-23(29)27(14-16)18-5-4-6-19(13-18)31-2/h4-8,12-13,16H,3,9-11,14-15H2,1-2H3,(H,25,28). The summed E-state index contributed by atoms with van der Waals surface area (Å²) in [4.78, 5) is 41.4. The number of methoxy groups -OCH3 is 1. The fourth-order valence-corrected chi connectivity index (χ4v) is 4.00. The van der Waals surface area contributed by atoms with Crippen molar-refractivity contribution >= 4 is 29.1 Å². The summed E-state index contributed by atoms with van der Waals surface area (Å²) < 4.78 is 16.3. The van der Waals surface area contributed by atoms with E-state index in [2.05, 4.69) is 5.32 Å². The van der Waals surface area contributed by atoms with Gasteiger partial charge in [-0.2, -0.15) is 0 Å². The molecule has 0 bridgehead atoms. The molecule has 2 aromatic rings. The van der Waals surface area contributed by atoms with Gasteiger partial charge in [-0.05, 0) is 31.2 Å². The van der Waals surface area contributed by atoms with E-state index in [1.54, 1.807) is 48.4 Å². The van der Waals surface area contributed by atoms with Crippen LogP contribution >= 0.6 is 0 Å². The number of ether oxygens (including phenoxy) is 3. The van der Waals surface area contributed by atoms with Gasteiger partial charge in [0.1, 0.15) is 19.0 Å². The zero-order chi connectivity index (χ0) is 23.4. The summed E-state index contributed by atoms with van der Waals surface area (Å²) in [5.74, 6) is 0.676. The molecule has 1 N–H and O–H groups in total. The van der Waals surface area contributed by atoms with Gasteiger partial charge in [0.05, 0.1) is 19.6 Å². The molecule has 1 unspecified atom stereocenters. The summed E-state index contributed by atoms with van der Waals surface area (Å²) in [5, 5.41) is 2.80. The molecule has 33 heavy (non-hydrogen) atoms. The lowest BCUT2D eigenvalue weighted by molar-refractivity contribution is -0.138. The Labute approximate surface area is 192 Å². The number of hydrogen-bond acceptors (Lipinski definition) is 6. The van der Waals surface area contributed by atoms with Crippen molar-refractivity contribution in [2.24, 2.45) is 5.92 Å². The molecule has 1 fully saturated rings. The van der Waals surface area contributed by atoms with Gasteiger partial charge in [0.25, 0.3) is 0 Å². The molecule has 2 aliphatic heterocycles. The number of nitrogens with one attached hydrogen (secondary N) is 1. The maximum absolute atomic E-state index is 13.1. The summed E-state index contributed by atoms with van der Waals surface area (Å²) in [6.07, 6.45) is 0.107. The minimum absolute atomic E-state index is 0.104. The molecule has 1 saturated heterocycles. The van der Waals surface area contributed by atoms with E-state index in [1.807, 2.05) is 13.0 Å². The first-order valence-electron chi connectivity index (χ1n) is 10.9. The lowest BCUT2D eigenvalue weighted by atomic mass is 10.1. The Kier molecular flexibility index (Phi) is 6.67. The fraction of sp³-hybridized carbons (Fsp3) is 0.375. The van der Waals surface area contributed by atoms with E-state index in [0.717, 1.165) is 0 Å². The number of benzene rings is 2. The molecule has 4 rings (SSSR count). The highest BCUT2D eigenvalue weighted by Gasteiger charge is 2.37. The first-order valence-corrected chi connectivity index (χ1v) is 10.9. The Balaban J connectivity index is 1.37. The molecule has 3 amide bonds. The van der Waals surface area contributed by atoms with Crippen LogP contribution in [-0.2, 0) is 14.4 Å². The van der Waals surface area contributed by atoms with Gasteiger partial charge in [0.15, 0.2) is 11.5 Å². The molecule has 1 atom stereocenters. The van der Waals surface area contributed by atoms with Crippen LogP contribution in [0.2, 0.25) is 0 Å². The number of hydrogen-bond donors (Lipinski definition) is 1. The second kappa shape index (κ2) is 9.81. The Hall–Kier alpha value is -3.75. The van der Waals surface area contributed by atoms with Crippen LogP contribution < -0.4 is 24.4 Å². The number of anilines is 2. The maximum atomic E-state index is 13.1. The molecule has 2 aromatic carbocycles. The SMILES string of the molecule is CCN(CC(=O)Nc1ccc2c(c1)OCCO2)C(=O)C1CC(=O)N(c2cccc(OC)c2)C1. The van der Waals surface area contributed by atoms with Crippen molar-refractivity contribution in [3.63, 3.8) is 0 Å². The molecular formula is C24H27N3O6. The first-order chi connectivity index (χ1) is 16.0. The largest absolute Gasteiger partial charge is 0.497 e. The average Bonchev–Trinajstić information content (AvgIpc) is 3.23. The second-order valence-electron chi connectivity index (χ2n) is 7.87. The molecule has 0 aliphatic carbocycles. The molecule has 2 heterocycles. The minimum atomic E-state index is -0.509. The molecule has 0 spiro atoms. The molecule has 2 aliphatic rings. The van der Waals surface area contributed by atoms with Crippen molar-refractivity contribution in [3.05, 3.63) is 42.5 Å². The van der Waals surface area contributed by atoms with Crippen molar-refractivity contribution in [3.8, 4) is 17.2 Å². The third-order valence-corrected chi connectivity index (χ3v) is 5.69. The van der Waals surface area contributed by atoms with Gasteiger partial charge >= 0.3 is 0 Å². The number of likely N-dealkylation sites (N-methyl/N-ethyl adjacent to an activating group) is 1. The Morgan fingerprint density at radius 3 is 2.70 bits per heavy atom. The molecule has 9 nitrogen and oxygen atoms in total. The van der Waals surface area contributed by atoms with Gasteiger partial charge in [0.2, 0.25) is 17.7 Å². The van der Waals surface area contributed by atoms with Crippen LogP contribution in [0.4, 0.5) is 11.4 Å². The molecule has 174 valence electrons. The number of carbonyl (C=O) groups is 3. The lowest BCUT2D eigenvalue weighted by Gasteiger charge is -2.24. The van der Waals surface area contributed by atoms with E-state index in [1.165, 1.54) is 4.90 Å². The zero-order valence-corrected chi connectivity index (χ0v) is 18.7. The monoisotopic (exact) mass is 453 g/mol. The number of carbonyl (C=O) groups excluding carboxylic acids is 3. The van der Waals surface area contributed by atoms with E-state index in [0.29, 0.717) is 48.4 Å². The second-order valence-corrected chi connectivity index (χ2v) is 7.87. The van der Waals surface area contributed by atoms with Gasteiger partial charge in [-0.25, -0.2) is 0 Å². The highest BCUT2D eigenvalue weighted by Crippen LogP contribution is 2.33. The lowest BCUT2D eigenvalue weighted by Crippen LogP contribution is -2.42. The van der Waals surface area contributed by atoms with Crippen LogP contribution in [0.5, 0.6) is 17.2 Å². The average molecular weight is 453 g/mol. The molecular weight excluding hydrogens is 426 g/mol. The van der Waals surface area contributed by atoms with Gasteiger partial charge in [-0.3, -0.25) is 14.4 Å². The van der Waals surface area contributed by atoms with Gasteiger partial charge in [-0.1, -0.05) is 6.07 Å². The third kappa shape index (κ3) is 5.02. The van der Waals surface area contributed by atoms with Crippen LogP contribution in [0.1, 0.15) is 13.3 Å². The van der Waals surface area contributed by atoms with Gasteiger partial charge in [-0.15, -0.1) is 0 Å². The Morgan fingerprint density at radius 2 is 1.94 bits per heavy atom. The first kappa shape index (κ1) is 22.4. The fourth-order valence-electron chi connectivity index (χ4n) is 4.00. The predicted octanol–water partition coefficient (Wildman–Crippen LogP) is 2.31. The van der Waals surface area contributed by atoms with Crippen molar-refractivity contribution in [1.29, 1.82) is 0 Å². The minimum Gasteiger partial charge on any atom is -0.497 e. The molecule has 9 heteroatoms. The normalized spacial score (nSPS) is 17.0. The summed E-state index contributed by atoms with van der Waals surface area (Å²) in [5.41, 5.74) is 1.25. The number of nitrogens with zero attached hydrogens (tertiary/aromatic N) is 2.